The van der Waals surface area contributed by atoms with Crippen molar-refractivity contribution in [2.45, 2.75) is 54.0 Å². The molecule has 0 spiro atoms. The first kappa shape index (κ1) is 19.3. The van der Waals surface area contributed by atoms with E-state index in [-0.39, 0.29) is 0 Å². The van der Waals surface area contributed by atoms with E-state index >= 15 is 0 Å². The molecule has 0 saturated carbocycles. The van der Waals surface area contributed by atoms with Crippen LogP contribution in [-0.2, 0) is 0 Å². The quantitative estimate of drug-likeness (QED) is 0.551. The molecule has 0 aromatic rings. The normalized spacial score (nSPS) is 12.3. The summed E-state index contributed by atoms with van der Waals surface area (Å²) in [5.74, 6) is 0.595. The molecule has 15 heavy (non-hydrogen) atoms. The predicted octanol–water partition coefficient (Wildman–Crippen LogP) is 4.64. The van der Waals surface area contributed by atoms with E-state index in [1.165, 1.54) is 6.42 Å². The molecule has 98 valence electrons. The van der Waals surface area contributed by atoms with E-state index in [4.69, 9.17) is 0 Å². The van der Waals surface area contributed by atoms with Crippen molar-refractivity contribution in [2.75, 3.05) is 7.05 Å². The van der Waals surface area contributed by atoms with Crippen LogP contribution in [0.3, 0.4) is 0 Å². The van der Waals surface area contributed by atoms with E-state index in [9.17, 15) is 0 Å². The molecule has 0 bridgehead atoms. The van der Waals surface area contributed by atoms with Crippen molar-refractivity contribution in [3.8, 4) is 0 Å². The van der Waals surface area contributed by atoms with Crippen LogP contribution in [0.2, 0.25) is 0 Å². The summed E-state index contributed by atoms with van der Waals surface area (Å²) in [6, 6.07) is 0.343. The third kappa shape index (κ3) is 15.5. The van der Waals surface area contributed by atoms with Crippen molar-refractivity contribution >= 4 is 0 Å². The fourth-order valence-corrected chi connectivity index (χ4v) is 0.676. The minimum Gasteiger partial charge on any atom is -0.659 e. The molecule has 0 radical (unpaired) electrons. The molecule has 0 amide bonds. The van der Waals surface area contributed by atoms with Crippen LogP contribution in [0, 0.1) is 11.3 Å². The van der Waals surface area contributed by atoms with Gasteiger partial charge in [0.05, 0.1) is 0 Å². The molecular formula is C13H28FmN-. The van der Waals surface area contributed by atoms with Gasteiger partial charge < -0.3 is 5.32 Å². The number of hydrogen-bond donors (Lipinski definition) is 0. The van der Waals surface area contributed by atoms with Crippen molar-refractivity contribution in [3.05, 3.63) is 18.0 Å². The summed E-state index contributed by atoms with van der Waals surface area (Å²) < 4.78 is 0. The van der Waals surface area contributed by atoms with Gasteiger partial charge in [-0.1, -0.05) is 53.9 Å². The molecule has 1 unspecified atom stereocenters. The molecule has 0 N–H and O–H groups in total. The van der Waals surface area contributed by atoms with E-state index in [1.54, 1.807) is 0 Å². The van der Waals surface area contributed by atoms with Gasteiger partial charge in [-0.25, -0.2) is 0 Å². The van der Waals surface area contributed by atoms with Crippen LogP contribution in [0.25, 0.3) is 5.32 Å². The van der Waals surface area contributed by atoms with E-state index in [0.29, 0.717) is 17.4 Å². The van der Waals surface area contributed by atoms with Gasteiger partial charge in [0.15, 0.2) is 0 Å². The Hall–Kier alpha value is -1.30. The van der Waals surface area contributed by atoms with Gasteiger partial charge in [0.1, 0.15) is 0 Å². The first-order valence-electron chi connectivity index (χ1n) is 5.50. The van der Waals surface area contributed by atoms with E-state index in [0.717, 1.165) is 0 Å². The summed E-state index contributed by atoms with van der Waals surface area (Å²) in [6.07, 6.45) is 3.15. The molecule has 0 saturated heterocycles. The largest absolute Gasteiger partial charge is 0.659 e. The number of rotatable bonds is 3. The molecule has 0 aliphatic rings. The van der Waals surface area contributed by atoms with Crippen LogP contribution >= 0.6 is 0 Å². The molecule has 0 aliphatic heterocycles. The van der Waals surface area contributed by atoms with Gasteiger partial charge in [-0.3, -0.25) is 0 Å². The molecular weight excluding hydrogens is 427 g/mol. The Balaban J connectivity index is -0.000000187. The van der Waals surface area contributed by atoms with Crippen LogP contribution < -0.4 is 0 Å². The topological polar surface area (TPSA) is 14.1 Å². The summed E-state index contributed by atoms with van der Waals surface area (Å²) in [7, 11) is 1.83. The Morgan fingerprint density at radius 2 is 1.60 bits per heavy atom. The summed E-state index contributed by atoms with van der Waals surface area (Å²) in [6.45, 7) is 16.9. The van der Waals surface area contributed by atoms with Crippen LogP contribution in [-0.4, -0.2) is 13.1 Å². The predicted molar refractivity (Wildman–Crippen MR) is 67.9 cm³/mol. The molecule has 0 heterocycles. The minimum absolute atomic E-state index is 0. The zero-order valence-corrected chi connectivity index (χ0v) is 13.8. The number of nitrogens with zero attached hydrogens (tertiary/aromatic N) is 1. The Morgan fingerprint density at radius 3 is 1.60 bits per heavy atom. The summed E-state index contributed by atoms with van der Waals surface area (Å²) in [5, 5.41) is 4.09. The smallest absolute Gasteiger partial charge is 0 e. The van der Waals surface area contributed by atoms with Gasteiger partial charge in [-0.2, -0.15) is 7.05 Å². The Bertz CT molecular complexity index is 136. The van der Waals surface area contributed by atoms with Gasteiger partial charge in [-0.15, -0.1) is 18.7 Å². The maximum absolute atomic E-state index is 4.09. The second-order valence-corrected chi connectivity index (χ2v) is 5.14. The minimum atomic E-state index is 0. The van der Waals surface area contributed by atoms with E-state index < -0.39 is 0 Å². The van der Waals surface area contributed by atoms with Crippen molar-refractivity contribution in [2.24, 2.45) is 11.3 Å². The molecule has 2 heteroatoms. The second kappa shape index (κ2) is 9.26. The second-order valence-electron chi connectivity index (χ2n) is 5.14. The number of likely N-dealkylation sites (N-methyl/N-ethyl adjacent to an activating group) is 1. The van der Waals surface area contributed by atoms with Crippen molar-refractivity contribution in [1.82, 2.24) is 0 Å². The molecule has 0 rings (SSSR count). The number of hydrogen-bond acceptors (Lipinski definition) is 0. The Labute approximate surface area is 91.0 Å². The van der Waals surface area contributed by atoms with Crippen LogP contribution in [0.5, 0.6) is 0 Å². The molecule has 1 atom stereocenters. The zero-order chi connectivity index (χ0) is 11.8. The SMILES string of the molecule is C=CC([N-]C)C(C)C.CCC(C)(C)C.[Fm]. The van der Waals surface area contributed by atoms with Gasteiger partial charge in [0.2, 0.25) is 0 Å². The van der Waals surface area contributed by atoms with Gasteiger partial charge in [0.25, 0.3) is 0 Å². The molecule has 1 nitrogen and oxygen atoms in total. The molecule has 0 aromatic carbocycles. The fraction of sp³-hybridized carbons (Fsp3) is 0.846. The molecule has 0 aromatic heterocycles. The Morgan fingerprint density at radius 1 is 1.27 bits per heavy atom. The van der Waals surface area contributed by atoms with Crippen LogP contribution in [0.15, 0.2) is 12.7 Å². The molecule has 0 aliphatic carbocycles. The first-order valence-corrected chi connectivity index (χ1v) is 5.50. The maximum Gasteiger partial charge on any atom is 0 e. The van der Waals surface area contributed by atoms with Crippen molar-refractivity contribution < 1.29 is 0 Å². The maximum atomic E-state index is 4.09. The van der Waals surface area contributed by atoms with Crippen LogP contribution in [0.4, 0.5) is 0 Å². The van der Waals surface area contributed by atoms with E-state index in [2.05, 4.69) is 53.4 Å². The van der Waals surface area contributed by atoms with Crippen molar-refractivity contribution in [1.29, 1.82) is 0 Å². The third-order valence-electron chi connectivity index (χ3n) is 2.28. The van der Waals surface area contributed by atoms with Gasteiger partial charge >= 0.3 is 0 Å². The summed E-state index contributed by atoms with van der Waals surface area (Å²) in [4.78, 5) is 0. The van der Waals surface area contributed by atoms with Crippen LogP contribution in [0.1, 0.15) is 48.0 Å². The van der Waals surface area contributed by atoms with Gasteiger partial charge in [0, 0.05) is 0 Å². The standard InChI is InChI=1S/C7H14N.C6H14.Fm/c1-5-7(8-4)6(2)3;1-5-6(2,3)4;/h5-7H,1H2,2-4H3;5H2,1-4H3;/q-1;;. The van der Waals surface area contributed by atoms with Crippen molar-refractivity contribution in [3.63, 3.8) is 0 Å². The third-order valence-corrected chi connectivity index (χ3v) is 2.28. The average molecular weight is 455 g/mol. The zero-order valence-electron chi connectivity index (χ0n) is 11.4. The first-order chi connectivity index (χ1) is 6.28. The van der Waals surface area contributed by atoms with Gasteiger partial charge in [-0.05, 0) is 5.41 Å². The van der Waals surface area contributed by atoms with E-state index in [1.807, 2.05) is 13.1 Å². The fourth-order valence-electron chi connectivity index (χ4n) is 0.676. The Kier molecular flexibility index (Phi) is 11.9. The monoisotopic (exact) mass is 455 g/mol. The molecule has 0 fully saturated rings. The summed E-state index contributed by atoms with van der Waals surface area (Å²) in [5.41, 5.74) is 0.542. The average Bonchev–Trinajstić information content (AvgIpc) is 2.06. The summed E-state index contributed by atoms with van der Waals surface area (Å²) >= 11 is 0.